The Hall–Kier alpha value is -2.30. The van der Waals surface area contributed by atoms with E-state index in [0.717, 1.165) is 11.1 Å². The number of hydrogen-bond acceptors (Lipinski definition) is 1. The molecule has 0 bridgehead atoms. The molecule has 0 heterocycles. The first-order valence-corrected chi connectivity index (χ1v) is 6.34. The molecule has 2 aromatic rings. The monoisotopic (exact) mass is 293 g/mol. The Morgan fingerprint density at radius 3 is 2.29 bits per heavy atom. The maximum absolute atomic E-state index is 13.2. The number of amides is 1. The van der Waals surface area contributed by atoms with Crippen molar-refractivity contribution in [1.82, 2.24) is 4.90 Å². The van der Waals surface area contributed by atoms with Crippen molar-refractivity contribution in [2.24, 2.45) is 0 Å². The Bertz CT molecular complexity index is 662. The van der Waals surface area contributed by atoms with Gasteiger partial charge in [0.25, 0.3) is 5.91 Å². The third kappa shape index (κ3) is 3.42. The van der Waals surface area contributed by atoms with Crippen molar-refractivity contribution in [2.75, 3.05) is 7.05 Å². The minimum atomic E-state index is -1.58. The minimum Gasteiger partial charge on any atom is -0.337 e. The summed E-state index contributed by atoms with van der Waals surface area (Å²) in [4.78, 5) is 13.4. The maximum atomic E-state index is 13.2. The van der Waals surface area contributed by atoms with Crippen LogP contribution in [-0.2, 0) is 6.54 Å². The molecule has 0 N–H and O–H groups in total. The molecule has 0 atom stereocenters. The smallest absolute Gasteiger partial charge is 0.254 e. The summed E-state index contributed by atoms with van der Waals surface area (Å²) >= 11 is 0. The molecule has 0 aliphatic heterocycles. The van der Waals surface area contributed by atoms with Crippen LogP contribution in [0.25, 0.3) is 0 Å². The van der Waals surface area contributed by atoms with E-state index in [1.807, 2.05) is 31.2 Å². The predicted molar refractivity (Wildman–Crippen MR) is 73.3 cm³/mol. The second-order valence-corrected chi connectivity index (χ2v) is 4.90. The Kier molecular flexibility index (Phi) is 4.31. The van der Waals surface area contributed by atoms with E-state index in [1.54, 1.807) is 0 Å². The Balaban J connectivity index is 2.20. The molecule has 5 heteroatoms. The molecule has 0 aromatic heterocycles. The fourth-order valence-electron chi connectivity index (χ4n) is 2.06. The SMILES string of the molecule is Cc1cccc(CN(C)C(=O)c2cc(F)c(F)c(F)c2)c1. The zero-order valence-corrected chi connectivity index (χ0v) is 11.7. The number of nitrogens with zero attached hydrogens (tertiary/aromatic N) is 1. The van der Waals surface area contributed by atoms with Crippen molar-refractivity contribution in [1.29, 1.82) is 0 Å². The first kappa shape index (κ1) is 15.1. The molecule has 21 heavy (non-hydrogen) atoms. The van der Waals surface area contributed by atoms with Crippen LogP contribution in [0.15, 0.2) is 36.4 Å². The second kappa shape index (κ2) is 5.99. The third-order valence-corrected chi connectivity index (χ3v) is 3.08. The van der Waals surface area contributed by atoms with Crippen LogP contribution in [0.3, 0.4) is 0 Å². The summed E-state index contributed by atoms with van der Waals surface area (Å²) in [6.45, 7) is 2.22. The zero-order valence-electron chi connectivity index (χ0n) is 11.7. The first-order chi connectivity index (χ1) is 9.88. The van der Waals surface area contributed by atoms with E-state index >= 15 is 0 Å². The number of benzene rings is 2. The summed E-state index contributed by atoms with van der Waals surface area (Å²) in [6.07, 6.45) is 0. The average Bonchev–Trinajstić information content (AvgIpc) is 2.43. The molecule has 0 aliphatic rings. The van der Waals surface area contributed by atoms with Gasteiger partial charge in [0.1, 0.15) is 0 Å². The molecule has 2 rings (SSSR count). The third-order valence-electron chi connectivity index (χ3n) is 3.08. The largest absolute Gasteiger partial charge is 0.337 e. The standard InChI is InChI=1S/C16H14F3NO/c1-10-4-3-5-11(6-10)9-20(2)16(21)12-7-13(17)15(19)14(18)8-12/h3-8H,9H2,1-2H3. The quantitative estimate of drug-likeness (QED) is 0.790. The fraction of sp³-hybridized carbons (Fsp3) is 0.188. The van der Waals surface area contributed by atoms with E-state index in [1.165, 1.54) is 11.9 Å². The van der Waals surface area contributed by atoms with Crippen LogP contribution in [0.5, 0.6) is 0 Å². The lowest BCUT2D eigenvalue weighted by atomic mass is 10.1. The van der Waals surface area contributed by atoms with E-state index in [9.17, 15) is 18.0 Å². The summed E-state index contributed by atoms with van der Waals surface area (Å²) < 4.78 is 39.2. The van der Waals surface area contributed by atoms with Gasteiger partial charge < -0.3 is 4.90 Å². The Morgan fingerprint density at radius 2 is 1.71 bits per heavy atom. The maximum Gasteiger partial charge on any atom is 0.254 e. The van der Waals surface area contributed by atoms with Gasteiger partial charge in [-0.05, 0) is 24.6 Å². The van der Waals surface area contributed by atoms with Crippen molar-refractivity contribution >= 4 is 5.91 Å². The lowest BCUT2D eigenvalue weighted by Gasteiger charge is -2.18. The van der Waals surface area contributed by atoms with Gasteiger partial charge in [0.05, 0.1) is 0 Å². The number of hydrogen-bond donors (Lipinski definition) is 0. The van der Waals surface area contributed by atoms with E-state index in [4.69, 9.17) is 0 Å². The topological polar surface area (TPSA) is 20.3 Å². The minimum absolute atomic E-state index is 0.221. The molecule has 2 nitrogen and oxygen atoms in total. The van der Waals surface area contributed by atoms with Crippen molar-refractivity contribution in [2.45, 2.75) is 13.5 Å². The van der Waals surface area contributed by atoms with Crippen LogP contribution in [0.1, 0.15) is 21.5 Å². The first-order valence-electron chi connectivity index (χ1n) is 6.34. The van der Waals surface area contributed by atoms with Crippen LogP contribution >= 0.6 is 0 Å². The highest BCUT2D eigenvalue weighted by Crippen LogP contribution is 2.16. The number of rotatable bonds is 3. The van der Waals surface area contributed by atoms with Crippen LogP contribution in [-0.4, -0.2) is 17.9 Å². The molecule has 110 valence electrons. The molecule has 0 fully saturated rings. The van der Waals surface area contributed by atoms with E-state index < -0.39 is 23.4 Å². The number of carbonyl (C=O) groups excluding carboxylic acids is 1. The Morgan fingerprint density at radius 1 is 1.10 bits per heavy atom. The molecular formula is C16H14F3NO. The molecule has 0 unspecified atom stereocenters. The van der Waals surface area contributed by atoms with Crippen molar-refractivity contribution in [3.8, 4) is 0 Å². The molecule has 0 spiro atoms. The summed E-state index contributed by atoms with van der Waals surface area (Å²) in [7, 11) is 1.52. The van der Waals surface area contributed by atoms with Gasteiger partial charge in [0, 0.05) is 19.2 Å². The average molecular weight is 293 g/mol. The van der Waals surface area contributed by atoms with E-state index in [0.29, 0.717) is 18.7 Å². The fourth-order valence-corrected chi connectivity index (χ4v) is 2.06. The van der Waals surface area contributed by atoms with Crippen molar-refractivity contribution in [3.63, 3.8) is 0 Å². The highest BCUT2D eigenvalue weighted by atomic mass is 19.2. The lowest BCUT2D eigenvalue weighted by Crippen LogP contribution is -2.26. The lowest BCUT2D eigenvalue weighted by molar-refractivity contribution is 0.0784. The molecular weight excluding hydrogens is 279 g/mol. The highest BCUT2D eigenvalue weighted by molar-refractivity contribution is 5.94. The van der Waals surface area contributed by atoms with Gasteiger partial charge in [-0.1, -0.05) is 29.8 Å². The summed E-state index contributed by atoms with van der Waals surface area (Å²) in [5, 5.41) is 0. The van der Waals surface area contributed by atoms with Crippen LogP contribution in [0.4, 0.5) is 13.2 Å². The van der Waals surface area contributed by atoms with E-state index in [2.05, 4.69) is 0 Å². The van der Waals surface area contributed by atoms with E-state index in [-0.39, 0.29) is 5.56 Å². The molecule has 2 aromatic carbocycles. The van der Waals surface area contributed by atoms with Crippen molar-refractivity contribution in [3.05, 3.63) is 70.5 Å². The number of carbonyl (C=O) groups is 1. The molecule has 1 amide bonds. The zero-order chi connectivity index (χ0) is 15.6. The van der Waals surface area contributed by atoms with Crippen LogP contribution < -0.4 is 0 Å². The summed E-state index contributed by atoms with van der Waals surface area (Å²) in [5.41, 5.74) is 1.72. The molecule has 0 aliphatic carbocycles. The Labute approximate surface area is 120 Å². The molecule has 0 saturated heterocycles. The summed E-state index contributed by atoms with van der Waals surface area (Å²) in [6, 6.07) is 8.95. The number of aryl methyl sites for hydroxylation is 1. The summed E-state index contributed by atoms with van der Waals surface area (Å²) in [5.74, 6) is -4.90. The second-order valence-electron chi connectivity index (χ2n) is 4.90. The van der Waals surface area contributed by atoms with Gasteiger partial charge in [-0.3, -0.25) is 4.79 Å². The van der Waals surface area contributed by atoms with Crippen LogP contribution in [0, 0.1) is 24.4 Å². The van der Waals surface area contributed by atoms with Gasteiger partial charge in [-0.2, -0.15) is 0 Å². The van der Waals surface area contributed by atoms with Crippen molar-refractivity contribution < 1.29 is 18.0 Å². The van der Waals surface area contributed by atoms with Gasteiger partial charge in [0.2, 0.25) is 0 Å². The normalized spacial score (nSPS) is 10.5. The highest BCUT2D eigenvalue weighted by Gasteiger charge is 2.18. The van der Waals surface area contributed by atoms with Gasteiger partial charge in [-0.15, -0.1) is 0 Å². The van der Waals surface area contributed by atoms with Gasteiger partial charge in [0.15, 0.2) is 17.5 Å². The predicted octanol–water partition coefficient (Wildman–Crippen LogP) is 3.68. The molecule has 0 radical (unpaired) electrons. The van der Waals surface area contributed by atoms with Gasteiger partial charge in [-0.25, -0.2) is 13.2 Å². The molecule has 0 saturated carbocycles. The number of halogens is 3. The van der Waals surface area contributed by atoms with Gasteiger partial charge >= 0.3 is 0 Å². The van der Waals surface area contributed by atoms with Crippen LogP contribution in [0.2, 0.25) is 0 Å².